The van der Waals surface area contributed by atoms with E-state index in [4.69, 9.17) is 23.2 Å². The van der Waals surface area contributed by atoms with Crippen molar-refractivity contribution in [2.45, 2.75) is 32.4 Å². The van der Waals surface area contributed by atoms with E-state index in [0.29, 0.717) is 35.1 Å². The van der Waals surface area contributed by atoms with E-state index in [9.17, 15) is 9.59 Å². The third-order valence-corrected chi connectivity index (χ3v) is 6.78. The maximum absolute atomic E-state index is 13.0. The van der Waals surface area contributed by atoms with E-state index in [-0.39, 0.29) is 11.8 Å². The number of amides is 2. The Hall–Kier alpha value is -2.35. The molecule has 176 valence electrons. The lowest BCUT2D eigenvalue weighted by atomic mass is 10.1. The number of hydrogen-bond donors (Lipinski definition) is 1. The van der Waals surface area contributed by atoms with E-state index in [1.807, 2.05) is 18.3 Å². The number of hydrogen-bond acceptors (Lipinski definition) is 5. The molecule has 7 nitrogen and oxygen atoms in total. The Morgan fingerprint density at radius 1 is 1.06 bits per heavy atom. The van der Waals surface area contributed by atoms with Crippen molar-refractivity contribution in [2.75, 3.05) is 44.2 Å². The van der Waals surface area contributed by atoms with Crippen LogP contribution in [0.3, 0.4) is 0 Å². The Labute approximate surface area is 204 Å². The van der Waals surface area contributed by atoms with Crippen LogP contribution in [0.4, 0.5) is 5.82 Å². The molecule has 3 heterocycles. The average Bonchev–Trinajstić information content (AvgIpc) is 3.32. The summed E-state index contributed by atoms with van der Waals surface area (Å²) in [4.78, 5) is 36.8. The highest BCUT2D eigenvalue weighted by Crippen LogP contribution is 2.24. The second-order valence-electron chi connectivity index (χ2n) is 8.48. The lowest BCUT2D eigenvalue weighted by molar-refractivity contribution is -0.125. The monoisotopic (exact) mass is 489 g/mol. The quantitative estimate of drug-likeness (QED) is 0.672. The van der Waals surface area contributed by atoms with Crippen molar-refractivity contribution in [3.63, 3.8) is 0 Å². The highest BCUT2D eigenvalue weighted by molar-refractivity contribution is 6.35. The molecule has 2 fully saturated rings. The Bertz CT molecular complexity index is 973. The van der Waals surface area contributed by atoms with Gasteiger partial charge in [0, 0.05) is 61.1 Å². The number of likely N-dealkylation sites (tertiary alicyclic amines) is 1. The van der Waals surface area contributed by atoms with Gasteiger partial charge in [-0.2, -0.15) is 0 Å². The molecule has 1 N–H and O–H groups in total. The molecule has 2 aromatic rings. The topological polar surface area (TPSA) is 68.8 Å². The molecule has 0 bridgehead atoms. The fourth-order valence-electron chi connectivity index (χ4n) is 4.43. The van der Waals surface area contributed by atoms with Crippen LogP contribution in [0.15, 0.2) is 36.5 Å². The molecule has 2 saturated heterocycles. The van der Waals surface area contributed by atoms with Crippen molar-refractivity contribution < 1.29 is 9.59 Å². The summed E-state index contributed by atoms with van der Waals surface area (Å²) in [6, 6.07) is 8.25. The van der Waals surface area contributed by atoms with Crippen LogP contribution in [0, 0.1) is 0 Å². The van der Waals surface area contributed by atoms with Gasteiger partial charge in [-0.3, -0.25) is 9.59 Å². The normalized spacial score (nSPS) is 19.1. The van der Waals surface area contributed by atoms with Crippen LogP contribution >= 0.6 is 23.2 Å². The van der Waals surface area contributed by atoms with Crippen molar-refractivity contribution in [3.05, 3.63) is 57.7 Å². The van der Waals surface area contributed by atoms with Crippen LogP contribution in [0.1, 0.15) is 35.7 Å². The van der Waals surface area contributed by atoms with Crippen LogP contribution in [-0.2, 0) is 11.3 Å². The van der Waals surface area contributed by atoms with Gasteiger partial charge in [0.25, 0.3) is 5.91 Å². The molecule has 4 rings (SSSR count). The van der Waals surface area contributed by atoms with E-state index < -0.39 is 6.04 Å². The largest absolute Gasteiger partial charge is 0.354 e. The first-order valence-electron chi connectivity index (χ1n) is 11.4. The Balaban J connectivity index is 1.33. The Kier molecular flexibility index (Phi) is 7.73. The number of halogens is 2. The van der Waals surface area contributed by atoms with Gasteiger partial charge < -0.3 is 20.0 Å². The van der Waals surface area contributed by atoms with Crippen molar-refractivity contribution >= 4 is 40.8 Å². The summed E-state index contributed by atoms with van der Waals surface area (Å²) in [6.07, 6.45) is 3.22. The summed E-state index contributed by atoms with van der Waals surface area (Å²) >= 11 is 12.1. The molecular weight excluding hydrogens is 461 g/mol. The molecule has 0 spiro atoms. The van der Waals surface area contributed by atoms with Gasteiger partial charge in [0.15, 0.2) is 0 Å². The van der Waals surface area contributed by atoms with Crippen molar-refractivity contribution in [2.24, 2.45) is 0 Å². The molecule has 1 unspecified atom stereocenters. The Morgan fingerprint density at radius 2 is 1.79 bits per heavy atom. The molecular formula is C24H29Cl2N5O2. The number of piperazine rings is 1. The summed E-state index contributed by atoms with van der Waals surface area (Å²) in [6.45, 7) is 8.21. The molecule has 2 amide bonds. The maximum atomic E-state index is 13.0. The molecule has 0 aliphatic carbocycles. The first-order valence-corrected chi connectivity index (χ1v) is 12.2. The van der Waals surface area contributed by atoms with Crippen LogP contribution < -0.4 is 10.2 Å². The first-order chi connectivity index (χ1) is 15.9. The second-order valence-corrected chi connectivity index (χ2v) is 9.35. The number of aromatic nitrogens is 1. The van der Waals surface area contributed by atoms with Crippen LogP contribution in [-0.4, -0.2) is 71.9 Å². The first kappa shape index (κ1) is 23.8. The highest BCUT2D eigenvalue weighted by atomic mass is 35.5. The highest BCUT2D eigenvalue weighted by Gasteiger charge is 2.34. The molecule has 2 aliphatic heterocycles. The molecule has 9 heteroatoms. The van der Waals surface area contributed by atoms with E-state index in [2.05, 4.69) is 27.0 Å². The molecule has 0 saturated carbocycles. The van der Waals surface area contributed by atoms with E-state index in [0.717, 1.165) is 50.5 Å². The summed E-state index contributed by atoms with van der Waals surface area (Å²) in [7, 11) is 0. The fourth-order valence-corrected chi connectivity index (χ4v) is 4.96. The van der Waals surface area contributed by atoms with Crippen molar-refractivity contribution in [1.82, 2.24) is 20.1 Å². The number of nitrogens with zero attached hydrogens (tertiary/aromatic N) is 4. The SMILES string of the molecule is CCN1CCN(c2ccc(CNC(=O)C3CCCN3C(=O)c3cc(Cl)cc(Cl)c3)cn2)CC1. The zero-order valence-corrected chi connectivity index (χ0v) is 20.3. The molecule has 0 radical (unpaired) electrons. The average molecular weight is 490 g/mol. The minimum Gasteiger partial charge on any atom is -0.354 e. The van der Waals surface area contributed by atoms with Crippen LogP contribution in [0.5, 0.6) is 0 Å². The number of nitrogens with one attached hydrogen (secondary N) is 1. The molecule has 33 heavy (non-hydrogen) atoms. The number of rotatable bonds is 6. The zero-order valence-electron chi connectivity index (χ0n) is 18.8. The number of anilines is 1. The van der Waals surface area contributed by atoms with Crippen LogP contribution in [0.25, 0.3) is 0 Å². The predicted octanol–water partition coefficient (Wildman–Crippen LogP) is 3.45. The van der Waals surface area contributed by atoms with Crippen molar-refractivity contribution in [1.29, 1.82) is 0 Å². The minimum atomic E-state index is -0.502. The smallest absolute Gasteiger partial charge is 0.254 e. The number of carbonyl (C=O) groups excluding carboxylic acids is 2. The van der Waals surface area contributed by atoms with Gasteiger partial charge in [-0.1, -0.05) is 36.2 Å². The van der Waals surface area contributed by atoms with Gasteiger partial charge in [0.2, 0.25) is 5.91 Å². The number of carbonyl (C=O) groups is 2. The standard InChI is InChI=1S/C24H29Cl2N5O2/c1-2-29-8-10-30(11-9-29)22-6-5-17(15-27-22)16-28-23(32)21-4-3-7-31(21)24(33)18-12-19(25)14-20(26)13-18/h5-6,12-15,21H,2-4,7-11,16H2,1H3,(H,28,32). The van der Waals surface area contributed by atoms with E-state index in [1.54, 1.807) is 23.1 Å². The lowest BCUT2D eigenvalue weighted by Crippen LogP contribution is -2.46. The molecule has 1 aromatic carbocycles. The Morgan fingerprint density at radius 3 is 2.42 bits per heavy atom. The van der Waals surface area contributed by atoms with Gasteiger partial charge in [-0.15, -0.1) is 0 Å². The van der Waals surface area contributed by atoms with Crippen molar-refractivity contribution in [3.8, 4) is 0 Å². The summed E-state index contributed by atoms with van der Waals surface area (Å²) < 4.78 is 0. The number of pyridine rings is 1. The molecule has 1 atom stereocenters. The lowest BCUT2D eigenvalue weighted by Gasteiger charge is -2.34. The minimum absolute atomic E-state index is 0.159. The fraction of sp³-hybridized carbons (Fsp3) is 0.458. The predicted molar refractivity (Wildman–Crippen MR) is 131 cm³/mol. The third-order valence-electron chi connectivity index (χ3n) is 6.35. The zero-order chi connectivity index (χ0) is 23.4. The van der Waals surface area contributed by atoms with Gasteiger partial charge in [0.05, 0.1) is 0 Å². The van der Waals surface area contributed by atoms with Crippen LogP contribution in [0.2, 0.25) is 10.0 Å². The van der Waals surface area contributed by atoms with Gasteiger partial charge in [0.1, 0.15) is 11.9 Å². The molecule has 1 aromatic heterocycles. The third kappa shape index (κ3) is 5.78. The van der Waals surface area contributed by atoms with Gasteiger partial charge in [-0.05, 0) is 49.2 Å². The second kappa shape index (κ2) is 10.7. The summed E-state index contributed by atoms with van der Waals surface area (Å²) in [5.41, 5.74) is 1.32. The maximum Gasteiger partial charge on any atom is 0.254 e. The number of likely N-dealkylation sites (N-methyl/N-ethyl adjacent to an activating group) is 1. The molecule has 2 aliphatic rings. The number of benzene rings is 1. The summed E-state index contributed by atoms with van der Waals surface area (Å²) in [5, 5.41) is 3.76. The van der Waals surface area contributed by atoms with E-state index >= 15 is 0 Å². The van der Waals surface area contributed by atoms with Gasteiger partial charge in [-0.25, -0.2) is 4.98 Å². The summed E-state index contributed by atoms with van der Waals surface area (Å²) in [5.74, 6) is 0.577. The van der Waals surface area contributed by atoms with Gasteiger partial charge >= 0.3 is 0 Å². The van der Waals surface area contributed by atoms with E-state index in [1.165, 1.54) is 0 Å².